The Bertz CT molecular complexity index is 253. The van der Waals surface area contributed by atoms with Gasteiger partial charge in [0.15, 0.2) is 0 Å². The Kier molecular flexibility index (Phi) is 3.82. The van der Waals surface area contributed by atoms with Crippen LogP contribution in [0, 0.1) is 5.92 Å². The molecule has 16 heavy (non-hydrogen) atoms. The predicted molar refractivity (Wildman–Crippen MR) is 62.5 cm³/mol. The molecule has 0 aromatic carbocycles. The van der Waals surface area contributed by atoms with Gasteiger partial charge < -0.3 is 10.0 Å². The first-order valence-electron chi connectivity index (χ1n) is 6.33. The van der Waals surface area contributed by atoms with E-state index in [9.17, 15) is 4.79 Å². The van der Waals surface area contributed by atoms with E-state index in [0.29, 0.717) is 6.04 Å². The third kappa shape index (κ3) is 2.95. The lowest BCUT2D eigenvalue weighted by atomic mass is 9.85. The van der Waals surface area contributed by atoms with Gasteiger partial charge >= 0.3 is 5.97 Å². The fraction of sp³-hybridized carbons (Fsp3) is 0.917. The number of hydrogen-bond donors (Lipinski definition) is 1. The van der Waals surface area contributed by atoms with Gasteiger partial charge in [-0.1, -0.05) is 6.42 Å². The molecule has 2 rings (SSSR count). The Morgan fingerprint density at radius 1 is 1.38 bits per heavy atom. The molecule has 0 amide bonds. The maximum atomic E-state index is 10.7. The minimum absolute atomic E-state index is 0.193. The molecular weight excluding hydrogens is 204 g/mol. The van der Waals surface area contributed by atoms with Gasteiger partial charge in [-0.3, -0.25) is 9.69 Å². The van der Waals surface area contributed by atoms with Crippen LogP contribution in [0.15, 0.2) is 0 Å². The highest BCUT2D eigenvalue weighted by atomic mass is 16.4. The van der Waals surface area contributed by atoms with Crippen molar-refractivity contribution in [2.75, 3.05) is 32.7 Å². The van der Waals surface area contributed by atoms with Crippen molar-refractivity contribution in [3.8, 4) is 0 Å². The summed E-state index contributed by atoms with van der Waals surface area (Å²) in [7, 11) is 0. The molecule has 1 unspecified atom stereocenters. The Hall–Kier alpha value is -0.610. The number of piperazine rings is 1. The van der Waals surface area contributed by atoms with Crippen molar-refractivity contribution in [1.82, 2.24) is 9.80 Å². The molecule has 1 saturated carbocycles. The maximum absolute atomic E-state index is 10.7. The lowest BCUT2D eigenvalue weighted by Crippen LogP contribution is -2.54. The molecule has 1 N–H and O–H groups in total. The van der Waals surface area contributed by atoms with E-state index >= 15 is 0 Å². The minimum Gasteiger partial charge on any atom is -0.480 e. The molecule has 0 radical (unpaired) electrons. The monoisotopic (exact) mass is 226 g/mol. The van der Waals surface area contributed by atoms with E-state index in [1.165, 1.54) is 25.8 Å². The number of carboxylic acid groups (broad SMARTS) is 1. The molecule has 0 bridgehead atoms. The van der Waals surface area contributed by atoms with Crippen LogP contribution in [-0.4, -0.2) is 59.6 Å². The average Bonchev–Trinajstić information content (AvgIpc) is 2.15. The summed E-state index contributed by atoms with van der Waals surface area (Å²) in [6.45, 7) is 6.53. The first-order chi connectivity index (χ1) is 7.65. The molecule has 1 atom stereocenters. The van der Waals surface area contributed by atoms with Gasteiger partial charge in [-0.25, -0.2) is 0 Å². The molecule has 92 valence electrons. The number of nitrogens with zero attached hydrogens (tertiary/aromatic N) is 2. The van der Waals surface area contributed by atoms with Crippen LogP contribution in [0.25, 0.3) is 0 Å². The second-order valence-electron chi connectivity index (χ2n) is 5.27. The third-order valence-electron chi connectivity index (χ3n) is 3.93. The summed E-state index contributed by atoms with van der Waals surface area (Å²) in [6.07, 6.45) is 4.19. The molecule has 2 aliphatic rings. The maximum Gasteiger partial charge on any atom is 0.317 e. The molecule has 2 fully saturated rings. The van der Waals surface area contributed by atoms with Gasteiger partial charge in [0.25, 0.3) is 0 Å². The Labute approximate surface area is 97.2 Å². The van der Waals surface area contributed by atoms with Gasteiger partial charge in [0.2, 0.25) is 0 Å². The SMILES string of the molecule is CC1CN(CC2CCC2)CCN1CC(=O)O. The summed E-state index contributed by atoms with van der Waals surface area (Å²) in [5.41, 5.74) is 0. The van der Waals surface area contributed by atoms with E-state index in [4.69, 9.17) is 5.11 Å². The van der Waals surface area contributed by atoms with Crippen LogP contribution < -0.4 is 0 Å². The fourth-order valence-electron chi connectivity index (χ4n) is 2.69. The van der Waals surface area contributed by atoms with Crippen molar-refractivity contribution >= 4 is 5.97 Å². The van der Waals surface area contributed by atoms with Crippen molar-refractivity contribution in [3.05, 3.63) is 0 Å². The second-order valence-corrected chi connectivity index (χ2v) is 5.27. The highest BCUT2D eigenvalue weighted by Gasteiger charge is 2.27. The number of carbonyl (C=O) groups is 1. The zero-order valence-corrected chi connectivity index (χ0v) is 10.1. The van der Waals surface area contributed by atoms with Crippen molar-refractivity contribution in [2.45, 2.75) is 32.2 Å². The van der Waals surface area contributed by atoms with Crippen LogP contribution in [-0.2, 0) is 4.79 Å². The highest BCUT2D eigenvalue weighted by Crippen LogP contribution is 2.27. The van der Waals surface area contributed by atoms with E-state index in [0.717, 1.165) is 25.6 Å². The molecule has 1 aliphatic carbocycles. The Balaban J connectivity index is 1.75. The lowest BCUT2D eigenvalue weighted by Gasteiger charge is -2.41. The molecule has 4 heteroatoms. The smallest absolute Gasteiger partial charge is 0.317 e. The van der Waals surface area contributed by atoms with Gasteiger partial charge in [0.05, 0.1) is 6.54 Å². The molecular formula is C12H22N2O2. The van der Waals surface area contributed by atoms with E-state index in [1.54, 1.807) is 0 Å². The van der Waals surface area contributed by atoms with Crippen LogP contribution >= 0.6 is 0 Å². The number of hydrogen-bond acceptors (Lipinski definition) is 3. The highest BCUT2D eigenvalue weighted by molar-refractivity contribution is 5.69. The van der Waals surface area contributed by atoms with Crippen molar-refractivity contribution in [3.63, 3.8) is 0 Å². The van der Waals surface area contributed by atoms with Crippen LogP contribution in [0.4, 0.5) is 0 Å². The Morgan fingerprint density at radius 3 is 2.62 bits per heavy atom. The van der Waals surface area contributed by atoms with Crippen LogP contribution in [0.1, 0.15) is 26.2 Å². The van der Waals surface area contributed by atoms with Crippen LogP contribution in [0.3, 0.4) is 0 Å². The van der Waals surface area contributed by atoms with Crippen molar-refractivity contribution in [1.29, 1.82) is 0 Å². The van der Waals surface area contributed by atoms with Gasteiger partial charge in [-0.05, 0) is 25.7 Å². The largest absolute Gasteiger partial charge is 0.480 e. The minimum atomic E-state index is -0.709. The van der Waals surface area contributed by atoms with Gasteiger partial charge in [-0.2, -0.15) is 0 Å². The van der Waals surface area contributed by atoms with E-state index in [1.807, 2.05) is 0 Å². The quantitative estimate of drug-likeness (QED) is 0.773. The number of carboxylic acids is 1. The van der Waals surface area contributed by atoms with E-state index in [-0.39, 0.29) is 6.54 Å². The number of rotatable bonds is 4. The molecule has 1 aliphatic heterocycles. The topological polar surface area (TPSA) is 43.8 Å². The lowest BCUT2D eigenvalue weighted by molar-refractivity contribution is -0.139. The van der Waals surface area contributed by atoms with Crippen molar-refractivity contribution in [2.24, 2.45) is 5.92 Å². The first kappa shape index (κ1) is 11.9. The summed E-state index contributed by atoms with van der Waals surface area (Å²) in [4.78, 5) is 15.2. The van der Waals surface area contributed by atoms with Crippen molar-refractivity contribution < 1.29 is 9.90 Å². The van der Waals surface area contributed by atoms with E-state index in [2.05, 4.69) is 16.7 Å². The van der Waals surface area contributed by atoms with Crippen LogP contribution in [0.2, 0.25) is 0 Å². The van der Waals surface area contributed by atoms with Crippen LogP contribution in [0.5, 0.6) is 0 Å². The molecule has 0 spiro atoms. The standard InChI is InChI=1S/C12H22N2O2/c1-10-7-13(8-11-3-2-4-11)5-6-14(10)9-12(15)16/h10-11H,2-9H2,1H3,(H,15,16). The molecule has 0 aromatic heterocycles. The molecule has 4 nitrogen and oxygen atoms in total. The second kappa shape index (κ2) is 5.15. The normalized spacial score (nSPS) is 28.9. The fourth-order valence-corrected chi connectivity index (χ4v) is 2.69. The average molecular weight is 226 g/mol. The first-order valence-corrected chi connectivity index (χ1v) is 6.33. The molecule has 1 heterocycles. The molecule has 0 aromatic rings. The third-order valence-corrected chi connectivity index (χ3v) is 3.93. The zero-order chi connectivity index (χ0) is 11.5. The zero-order valence-electron chi connectivity index (χ0n) is 10.1. The predicted octanol–water partition coefficient (Wildman–Crippen LogP) is 0.877. The van der Waals surface area contributed by atoms with Gasteiger partial charge in [0, 0.05) is 32.2 Å². The summed E-state index contributed by atoms with van der Waals surface area (Å²) < 4.78 is 0. The molecule has 1 saturated heterocycles. The summed E-state index contributed by atoms with van der Waals surface area (Å²) in [6, 6.07) is 0.380. The van der Waals surface area contributed by atoms with Gasteiger partial charge in [-0.15, -0.1) is 0 Å². The summed E-state index contributed by atoms with van der Waals surface area (Å²) in [5.74, 6) is 0.206. The summed E-state index contributed by atoms with van der Waals surface area (Å²) >= 11 is 0. The Morgan fingerprint density at radius 2 is 2.12 bits per heavy atom. The number of aliphatic carboxylic acids is 1. The van der Waals surface area contributed by atoms with E-state index < -0.39 is 5.97 Å². The summed E-state index contributed by atoms with van der Waals surface area (Å²) in [5, 5.41) is 8.79. The van der Waals surface area contributed by atoms with Gasteiger partial charge in [0.1, 0.15) is 0 Å².